The third-order valence-corrected chi connectivity index (χ3v) is 2.92. The van der Waals surface area contributed by atoms with Crippen molar-refractivity contribution in [2.75, 3.05) is 5.32 Å². The molecule has 0 saturated heterocycles. The monoisotopic (exact) mass is 289 g/mol. The molecular weight excluding hydrogens is 278 g/mol. The topological polar surface area (TPSA) is 114 Å². The largest absolute Gasteiger partial charge is 0.478 e. The van der Waals surface area contributed by atoms with Gasteiger partial charge in [0.05, 0.1) is 18.3 Å². The molecule has 21 heavy (non-hydrogen) atoms. The Morgan fingerprint density at radius 1 is 1.24 bits per heavy atom. The van der Waals surface area contributed by atoms with E-state index >= 15 is 0 Å². The van der Waals surface area contributed by atoms with E-state index in [1.807, 2.05) is 0 Å². The Labute approximate surface area is 118 Å². The van der Waals surface area contributed by atoms with Crippen LogP contribution in [0.3, 0.4) is 0 Å². The summed E-state index contributed by atoms with van der Waals surface area (Å²) in [5, 5.41) is 22.2. The summed E-state index contributed by atoms with van der Waals surface area (Å²) in [6, 6.07) is 8.42. The Hall–Kier alpha value is -3.16. The highest BCUT2D eigenvalue weighted by molar-refractivity contribution is 6.07. The number of carboxylic acids is 1. The number of nitrogens with zero attached hydrogens (tertiary/aromatic N) is 2. The van der Waals surface area contributed by atoms with Gasteiger partial charge in [-0.15, -0.1) is 0 Å². The molecule has 2 rings (SSSR count). The standard InChI is InChI=1S/C13H11N3O5/c1-15-10(6-7-11(15)16(20)21)12(17)14-9-5-3-2-4-8(9)13(18)19/h2-7H,1H3,(H,14,17)(H,18,19). The summed E-state index contributed by atoms with van der Waals surface area (Å²) in [5.41, 5.74) is 0.121. The molecule has 0 radical (unpaired) electrons. The highest BCUT2D eigenvalue weighted by atomic mass is 16.6. The fourth-order valence-electron chi connectivity index (χ4n) is 1.88. The van der Waals surface area contributed by atoms with Crippen LogP contribution in [0, 0.1) is 10.1 Å². The van der Waals surface area contributed by atoms with Gasteiger partial charge in [-0.25, -0.2) is 9.36 Å². The predicted octanol–water partition coefficient (Wildman–Crippen LogP) is 1.88. The van der Waals surface area contributed by atoms with E-state index in [0.717, 1.165) is 4.57 Å². The number of benzene rings is 1. The van der Waals surface area contributed by atoms with Crippen molar-refractivity contribution in [1.29, 1.82) is 0 Å². The molecule has 0 aliphatic carbocycles. The Morgan fingerprint density at radius 2 is 1.90 bits per heavy atom. The van der Waals surface area contributed by atoms with Gasteiger partial charge in [-0.2, -0.15) is 0 Å². The number of rotatable bonds is 4. The van der Waals surface area contributed by atoms with E-state index in [-0.39, 0.29) is 22.8 Å². The minimum absolute atomic E-state index is 0.0573. The minimum Gasteiger partial charge on any atom is -0.478 e. The minimum atomic E-state index is -1.18. The third-order valence-electron chi connectivity index (χ3n) is 2.92. The normalized spacial score (nSPS) is 10.1. The molecule has 0 aliphatic heterocycles. The van der Waals surface area contributed by atoms with Crippen LogP contribution in [0.5, 0.6) is 0 Å². The maximum absolute atomic E-state index is 12.1. The number of para-hydroxylation sites is 1. The molecule has 1 aromatic heterocycles. The molecule has 0 aliphatic rings. The van der Waals surface area contributed by atoms with Crippen LogP contribution in [0.1, 0.15) is 20.8 Å². The Kier molecular flexibility index (Phi) is 3.70. The van der Waals surface area contributed by atoms with Crippen LogP contribution < -0.4 is 5.32 Å². The lowest BCUT2D eigenvalue weighted by Gasteiger charge is -2.07. The van der Waals surface area contributed by atoms with E-state index in [0.29, 0.717) is 0 Å². The van der Waals surface area contributed by atoms with E-state index in [1.54, 1.807) is 6.07 Å². The van der Waals surface area contributed by atoms with E-state index in [1.165, 1.54) is 37.4 Å². The quantitative estimate of drug-likeness (QED) is 0.658. The van der Waals surface area contributed by atoms with Crippen molar-refractivity contribution in [2.24, 2.45) is 7.05 Å². The number of nitrogens with one attached hydrogen (secondary N) is 1. The average Bonchev–Trinajstić information content (AvgIpc) is 2.81. The maximum atomic E-state index is 12.1. The van der Waals surface area contributed by atoms with Gasteiger partial charge in [-0.1, -0.05) is 12.1 Å². The van der Waals surface area contributed by atoms with Crippen LogP contribution in [0.2, 0.25) is 0 Å². The number of aromatic nitrogens is 1. The molecule has 2 aromatic rings. The fraction of sp³-hybridized carbons (Fsp3) is 0.0769. The number of nitro groups is 1. The van der Waals surface area contributed by atoms with Crippen LogP contribution in [0.25, 0.3) is 0 Å². The first-order chi connectivity index (χ1) is 9.91. The molecule has 108 valence electrons. The van der Waals surface area contributed by atoms with Crippen molar-refractivity contribution < 1.29 is 19.6 Å². The van der Waals surface area contributed by atoms with Crippen molar-refractivity contribution in [3.8, 4) is 0 Å². The first-order valence-corrected chi connectivity index (χ1v) is 5.85. The van der Waals surface area contributed by atoms with Gasteiger partial charge in [0.15, 0.2) is 5.69 Å². The van der Waals surface area contributed by atoms with E-state index in [4.69, 9.17) is 5.11 Å². The van der Waals surface area contributed by atoms with Crippen LogP contribution in [-0.2, 0) is 7.05 Å². The summed E-state index contributed by atoms with van der Waals surface area (Å²) in [5.74, 6) is -2.03. The van der Waals surface area contributed by atoms with Crippen molar-refractivity contribution in [2.45, 2.75) is 0 Å². The Bertz CT molecular complexity index is 735. The Morgan fingerprint density at radius 3 is 2.48 bits per heavy atom. The van der Waals surface area contributed by atoms with Gasteiger partial charge in [-0.3, -0.25) is 4.79 Å². The molecule has 2 N–H and O–H groups in total. The van der Waals surface area contributed by atoms with Crippen molar-refractivity contribution in [3.05, 3.63) is 57.8 Å². The first-order valence-electron chi connectivity index (χ1n) is 5.85. The number of carboxylic acid groups (broad SMARTS) is 1. The van der Waals surface area contributed by atoms with Gasteiger partial charge in [0.1, 0.15) is 0 Å². The number of anilines is 1. The van der Waals surface area contributed by atoms with Gasteiger partial charge in [0.2, 0.25) is 0 Å². The molecular formula is C13H11N3O5. The number of hydrogen-bond acceptors (Lipinski definition) is 4. The number of carbonyl (C=O) groups excluding carboxylic acids is 1. The third kappa shape index (κ3) is 2.73. The van der Waals surface area contributed by atoms with Gasteiger partial charge in [0, 0.05) is 6.07 Å². The number of hydrogen-bond donors (Lipinski definition) is 2. The molecule has 0 bridgehead atoms. The van der Waals surface area contributed by atoms with Gasteiger partial charge in [0.25, 0.3) is 5.91 Å². The summed E-state index contributed by atoms with van der Waals surface area (Å²) >= 11 is 0. The van der Waals surface area contributed by atoms with Gasteiger partial charge >= 0.3 is 11.8 Å². The number of amides is 1. The van der Waals surface area contributed by atoms with Gasteiger partial charge in [-0.05, 0) is 23.1 Å². The number of aromatic carboxylic acids is 1. The molecule has 1 heterocycles. The molecule has 8 heteroatoms. The highest BCUT2D eigenvalue weighted by Crippen LogP contribution is 2.19. The second-order valence-electron chi connectivity index (χ2n) is 4.20. The molecule has 8 nitrogen and oxygen atoms in total. The van der Waals surface area contributed by atoms with Crippen LogP contribution in [0.4, 0.5) is 11.5 Å². The highest BCUT2D eigenvalue weighted by Gasteiger charge is 2.21. The fourth-order valence-corrected chi connectivity index (χ4v) is 1.88. The summed E-state index contributed by atoms with van der Waals surface area (Å²) in [6.45, 7) is 0. The smallest absolute Gasteiger partial charge is 0.337 e. The van der Waals surface area contributed by atoms with Crippen LogP contribution in [-0.4, -0.2) is 26.5 Å². The second kappa shape index (κ2) is 5.45. The summed E-state index contributed by atoms with van der Waals surface area (Å²) in [7, 11) is 1.39. The number of carbonyl (C=O) groups is 2. The molecule has 0 saturated carbocycles. The zero-order chi connectivity index (χ0) is 15.6. The molecule has 0 fully saturated rings. The Balaban J connectivity index is 2.31. The SMILES string of the molecule is Cn1c(C(=O)Nc2ccccc2C(=O)O)ccc1[N+](=O)[O-]. The van der Waals surface area contributed by atoms with Crippen molar-refractivity contribution in [3.63, 3.8) is 0 Å². The predicted molar refractivity (Wildman–Crippen MR) is 73.4 cm³/mol. The van der Waals surface area contributed by atoms with Crippen LogP contribution in [0.15, 0.2) is 36.4 Å². The summed E-state index contributed by atoms with van der Waals surface area (Å²) in [4.78, 5) is 33.3. The lowest BCUT2D eigenvalue weighted by molar-refractivity contribution is -0.391. The molecule has 0 unspecified atom stereocenters. The zero-order valence-corrected chi connectivity index (χ0v) is 10.9. The summed E-state index contributed by atoms with van der Waals surface area (Å²) < 4.78 is 1.12. The lowest BCUT2D eigenvalue weighted by atomic mass is 10.2. The van der Waals surface area contributed by atoms with Crippen molar-refractivity contribution in [1.82, 2.24) is 4.57 Å². The van der Waals surface area contributed by atoms with Crippen molar-refractivity contribution >= 4 is 23.4 Å². The summed E-state index contributed by atoms with van der Waals surface area (Å²) in [6.07, 6.45) is 0. The lowest BCUT2D eigenvalue weighted by Crippen LogP contribution is -2.18. The maximum Gasteiger partial charge on any atom is 0.337 e. The molecule has 1 amide bonds. The zero-order valence-electron chi connectivity index (χ0n) is 10.9. The average molecular weight is 289 g/mol. The van der Waals surface area contributed by atoms with Gasteiger partial charge < -0.3 is 20.5 Å². The van der Waals surface area contributed by atoms with E-state index in [9.17, 15) is 19.7 Å². The van der Waals surface area contributed by atoms with E-state index < -0.39 is 16.8 Å². The first kappa shape index (κ1) is 14.3. The van der Waals surface area contributed by atoms with Crippen LogP contribution >= 0.6 is 0 Å². The second-order valence-corrected chi connectivity index (χ2v) is 4.20. The molecule has 0 atom stereocenters. The van der Waals surface area contributed by atoms with E-state index in [2.05, 4.69) is 5.32 Å². The molecule has 1 aromatic carbocycles. The molecule has 0 spiro atoms.